The van der Waals surface area contributed by atoms with Crippen molar-refractivity contribution in [2.24, 2.45) is 0 Å². The van der Waals surface area contributed by atoms with Crippen LogP contribution in [-0.2, 0) is 0 Å². The number of nitrogens with zero attached hydrogens (tertiary/aromatic N) is 1. The van der Waals surface area contributed by atoms with E-state index in [-0.39, 0.29) is 16.9 Å². The predicted molar refractivity (Wildman–Crippen MR) is 53.7 cm³/mol. The van der Waals surface area contributed by atoms with E-state index in [1.807, 2.05) is 6.07 Å². The van der Waals surface area contributed by atoms with Crippen LogP contribution >= 0.6 is 0 Å². The first-order valence-electron chi connectivity index (χ1n) is 4.79. The molecule has 5 nitrogen and oxygen atoms in total. The van der Waals surface area contributed by atoms with Crippen molar-refractivity contribution >= 4 is 5.97 Å². The monoisotopic (exact) mass is 219 g/mol. The molecule has 0 unspecified atom stereocenters. The summed E-state index contributed by atoms with van der Waals surface area (Å²) in [5, 5.41) is 17.8. The highest BCUT2D eigenvalue weighted by Crippen LogP contribution is 2.34. The fourth-order valence-corrected chi connectivity index (χ4v) is 1.50. The molecule has 16 heavy (non-hydrogen) atoms. The molecule has 0 radical (unpaired) electrons. The lowest BCUT2D eigenvalue weighted by atomic mass is 10.1. The number of carboxylic acid groups (broad SMARTS) is 1. The molecule has 0 saturated heterocycles. The van der Waals surface area contributed by atoms with Gasteiger partial charge in [0, 0.05) is 12.5 Å². The van der Waals surface area contributed by atoms with E-state index in [0.29, 0.717) is 25.4 Å². The zero-order valence-electron chi connectivity index (χ0n) is 8.40. The highest BCUT2D eigenvalue weighted by Gasteiger charge is 2.20. The number of hydrogen-bond acceptors (Lipinski definition) is 4. The molecule has 0 bridgehead atoms. The quantitative estimate of drug-likeness (QED) is 0.772. The smallest absolute Gasteiger partial charge is 0.339 e. The topological polar surface area (TPSA) is 79.6 Å². The van der Waals surface area contributed by atoms with Crippen molar-refractivity contribution in [1.82, 2.24) is 0 Å². The van der Waals surface area contributed by atoms with Crippen LogP contribution in [-0.4, -0.2) is 24.3 Å². The molecule has 1 aliphatic heterocycles. The van der Waals surface area contributed by atoms with E-state index >= 15 is 0 Å². The van der Waals surface area contributed by atoms with Gasteiger partial charge in [0.05, 0.1) is 24.8 Å². The number of ether oxygens (including phenoxy) is 2. The minimum atomic E-state index is -1.13. The number of carbonyl (C=O) groups is 1. The summed E-state index contributed by atoms with van der Waals surface area (Å²) in [5.74, 6) is -0.586. The number of carboxylic acids is 1. The second-order valence-corrected chi connectivity index (χ2v) is 3.32. The maximum atomic E-state index is 11.0. The van der Waals surface area contributed by atoms with E-state index in [0.717, 1.165) is 0 Å². The second kappa shape index (κ2) is 4.11. The van der Waals surface area contributed by atoms with Crippen molar-refractivity contribution in [3.8, 4) is 17.6 Å². The van der Waals surface area contributed by atoms with Gasteiger partial charge in [-0.2, -0.15) is 5.26 Å². The van der Waals surface area contributed by atoms with Gasteiger partial charge >= 0.3 is 5.97 Å². The van der Waals surface area contributed by atoms with Crippen molar-refractivity contribution in [1.29, 1.82) is 5.26 Å². The average molecular weight is 219 g/mol. The first-order valence-corrected chi connectivity index (χ1v) is 4.79. The van der Waals surface area contributed by atoms with E-state index in [1.165, 1.54) is 12.1 Å². The Morgan fingerprint density at radius 3 is 2.81 bits per heavy atom. The molecule has 0 aromatic heterocycles. The second-order valence-electron chi connectivity index (χ2n) is 3.32. The third kappa shape index (κ3) is 1.77. The van der Waals surface area contributed by atoms with Gasteiger partial charge in [0.25, 0.3) is 0 Å². The lowest BCUT2D eigenvalue weighted by Crippen LogP contribution is -2.03. The summed E-state index contributed by atoms with van der Waals surface area (Å²) in [6.07, 6.45) is 0.690. The number of benzene rings is 1. The molecular weight excluding hydrogens is 210 g/mol. The average Bonchev–Trinajstić information content (AvgIpc) is 2.52. The molecule has 1 aromatic carbocycles. The van der Waals surface area contributed by atoms with Crippen LogP contribution in [0.15, 0.2) is 12.1 Å². The van der Waals surface area contributed by atoms with Crippen molar-refractivity contribution in [3.63, 3.8) is 0 Å². The van der Waals surface area contributed by atoms with Crippen molar-refractivity contribution in [3.05, 3.63) is 23.3 Å². The molecule has 1 heterocycles. The van der Waals surface area contributed by atoms with Crippen LogP contribution in [0.3, 0.4) is 0 Å². The summed E-state index contributed by atoms with van der Waals surface area (Å²) in [7, 11) is 0. The molecule has 1 aromatic rings. The summed E-state index contributed by atoms with van der Waals surface area (Å²) >= 11 is 0. The molecular formula is C11H9NO4. The first kappa shape index (κ1) is 10.3. The summed E-state index contributed by atoms with van der Waals surface area (Å²) in [6, 6.07) is 4.67. The highest BCUT2D eigenvalue weighted by atomic mass is 16.5. The van der Waals surface area contributed by atoms with E-state index in [9.17, 15) is 4.79 Å². The minimum Gasteiger partial charge on any atom is -0.489 e. The van der Waals surface area contributed by atoms with Crippen LogP contribution in [0.25, 0.3) is 0 Å². The van der Waals surface area contributed by atoms with Gasteiger partial charge in [-0.3, -0.25) is 0 Å². The molecule has 1 N–H and O–H groups in total. The lowest BCUT2D eigenvalue weighted by Gasteiger charge is -2.10. The standard InChI is InChI=1S/C11H9NO4/c12-6-7-4-8(11(13)14)10-9(5-7)15-2-1-3-16-10/h4-5H,1-3H2,(H,13,14). The molecule has 5 heteroatoms. The SMILES string of the molecule is N#Cc1cc2c(c(C(=O)O)c1)OCCCO2. The van der Waals surface area contributed by atoms with Crippen LogP contribution in [0, 0.1) is 11.3 Å². The molecule has 0 atom stereocenters. The number of nitriles is 1. The zero-order valence-corrected chi connectivity index (χ0v) is 8.40. The Labute approximate surface area is 91.8 Å². The van der Waals surface area contributed by atoms with E-state index in [2.05, 4.69) is 0 Å². The largest absolute Gasteiger partial charge is 0.489 e. The maximum absolute atomic E-state index is 11.0. The zero-order chi connectivity index (χ0) is 11.5. The van der Waals surface area contributed by atoms with Crippen LogP contribution in [0.1, 0.15) is 22.3 Å². The molecule has 0 spiro atoms. The van der Waals surface area contributed by atoms with Gasteiger partial charge in [0.15, 0.2) is 11.5 Å². The third-order valence-corrected chi connectivity index (χ3v) is 2.21. The first-order chi connectivity index (χ1) is 7.72. The molecule has 0 aliphatic carbocycles. The Morgan fingerprint density at radius 1 is 1.38 bits per heavy atom. The minimum absolute atomic E-state index is 0.0315. The van der Waals surface area contributed by atoms with Gasteiger partial charge in [0.1, 0.15) is 5.56 Å². The highest BCUT2D eigenvalue weighted by molar-refractivity contribution is 5.92. The number of aromatic carboxylic acids is 1. The Kier molecular flexibility index (Phi) is 2.64. The van der Waals surface area contributed by atoms with Crippen molar-refractivity contribution in [2.45, 2.75) is 6.42 Å². The molecule has 1 aliphatic rings. The Morgan fingerprint density at radius 2 is 2.12 bits per heavy atom. The summed E-state index contributed by atoms with van der Waals surface area (Å²) in [4.78, 5) is 11.0. The summed E-state index contributed by atoms with van der Waals surface area (Å²) in [5.41, 5.74) is 0.220. The summed E-state index contributed by atoms with van der Waals surface area (Å²) < 4.78 is 10.7. The third-order valence-electron chi connectivity index (χ3n) is 2.21. The van der Waals surface area contributed by atoms with Crippen LogP contribution in [0.5, 0.6) is 11.5 Å². The van der Waals surface area contributed by atoms with Crippen molar-refractivity contribution in [2.75, 3.05) is 13.2 Å². The van der Waals surface area contributed by atoms with E-state index in [1.54, 1.807) is 0 Å². The summed E-state index contributed by atoms with van der Waals surface area (Å²) in [6.45, 7) is 0.875. The van der Waals surface area contributed by atoms with Crippen LogP contribution in [0.2, 0.25) is 0 Å². The number of hydrogen-bond donors (Lipinski definition) is 1. The van der Waals surface area contributed by atoms with Crippen molar-refractivity contribution < 1.29 is 19.4 Å². The molecule has 0 amide bonds. The number of fused-ring (bicyclic) bond motifs is 1. The molecule has 82 valence electrons. The molecule has 0 saturated carbocycles. The van der Waals surface area contributed by atoms with E-state index in [4.69, 9.17) is 19.8 Å². The Hall–Kier alpha value is -2.22. The predicted octanol–water partition coefficient (Wildman–Crippen LogP) is 1.42. The van der Waals surface area contributed by atoms with Gasteiger partial charge in [-0.25, -0.2) is 4.79 Å². The van der Waals surface area contributed by atoms with Gasteiger partial charge in [-0.15, -0.1) is 0 Å². The Bertz CT molecular complexity index is 476. The molecule has 2 rings (SSSR count). The van der Waals surface area contributed by atoms with E-state index < -0.39 is 5.97 Å². The fraction of sp³-hybridized carbons (Fsp3) is 0.273. The van der Waals surface area contributed by atoms with Gasteiger partial charge in [-0.1, -0.05) is 0 Å². The van der Waals surface area contributed by atoms with Crippen LogP contribution < -0.4 is 9.47 Å². The van der Waals surface area contributed by atoms with Crippen LogP contribution in [0.4, 0.5) is 0 Å². The fourth-order valence-electron chi connectivity index (χ4n) is 1.50. The Balaban J connectivity index is 2.59. The number of rotatable bonds is 1. The lowest BCUT2D eigenvalue weighted by molar-refractivity contribution is 0.0692. The van der Waals surface area contributed by atoms with Gasteiger partial charge in [0.2, 0.25) is 0 Å². The maximum Gasteiger partial charge on any atom is 0.339 e. The van der Waals surface area contributed by atoms with Gasteiger partial charge in [-0.05, 0) is 6.07 Å². The normalized spacial score (nSPS) is 13.7. The molecule has 0 fully saturated rings. The van der Waals surface area contributed by atoms with Gasteiger partial charge < -0.3 is 14.6 Å².